The van der Waals surface area contributed by atoms with E-state index in [1.807, 2.05) is 4.90 Å². The zero-order chi connectivity index (χ0) is 10.8. The lowest BCUT2D eigenvalue weighted by Gasteiger charge is -2.16. The maximum Gasteiger partial charge on any atom is 0.254 e. The molecule has 2 rings (SSSR count). The maximum atomic E-state index is 12.9. The molecule has 80 valence electrons. The van der Waals surface area contributed by atoms with Crippen LogP contribution in [0.4, 0.5) is 4.39 Å². The van der Waals surface area contributed by atoms with E-state index in [0.717, 1.165) is 25.9 Å². The fraction of sp³-hybridized carbons (Fsp3) is 0.417. The summed E-state index contributed by atoms with van der Waals surface area (Å²) in [6.07, 6.45) is 2.15. The average molecular weight is 207 g/mol. The molecule has 0 radical (unpaired) electrons. The molecule has 1 aromatic carbocycles. The predicted molar refractivity (Wildman–Crippen MR) is 56.3 cm³/mol. The normalized spacial score (nSPS) is 15.7. The molecule has 2 nitrogen and oxygen atoms in total. The van der Waals surface area contributed by atoms with Gasteiger partial charge in [0.2, 0.25) is 0 Å². The van der Waals surface area contributed by atoms with Gasteiger partial charge in [0, 0.05) is 18.7 Å². The van der Waals surface area contributed by atoms with Crippen molar-refractivity contribution in [1.82, 2.24) is 4.90 Å². The third-order valence-electron chi connectivity index (χ3n) is 2.81. The number of carbonyl (C=O) groups excluding carboxylic acids is 1. The van der Waals surface area contributed by atoms with Crippen LogP contribution in [0, 0.1) is 12.7 Å². The summed E-state index contributed by atoms with van der Waals surface area (Å²) in [5.74, 6) is -0.254. The number of rotatable bonds is 1. The monoisotopic (exact) mass is 207 g/mol. The number of halogens is 1. The molecule has 1 heterocycles. The van der Waals surface area contributed by atoms with Crippen LogP contribution >= 0.6 is 0 Å². The summed E-state index contributed by atoms with van der Waals surface area (Å²) >= 11 is 0. The van der Waals surface area contributed by atoms with E-state index in [0.29, 0.717) is 11.1 Å². The SMILES string of the molecule is Cc1cc(F)ccc1C(=O)N1CCCC1. The minimum atomic E-state index is -0.287. The first-order valence-electron chi connectivity index (χ1n) is 5.24. The van der Waals surface area contributed by atoms with Crippen molar-refractivity contribution in [1.29, 1.82) is 0 Å². The van der Waals surface area contributed by atoms with Crippen molar-refractivity contribution >= 4 is 5.91 Å². The molecule has 0 saturated carbocycles. The molecular formula is C12H14FNO. The zero-order valence-corrected chi connectivity index (χ0v) is 8.79. The Morgan fingerprint density at radius 3 is 2.60 bits per heavy atom. The van der Waals surface area contributed by atoms with Crippen LogP contribution in [0.2, 0.25) is 0 Å². The highest BCUT2D eigenvalue weighted by Gasteiger charge is 2.20. The Morgan fingerprint density at radius 1 is 1.33 bits per heavy atom. The molecule has 1 aromatic rings. The molecule has 1 saturated heterocycles. The minimum Gasteiger partial charge on any atom is -0.339 e. The van der Waals surface area contributed by atoms with Gasteiger partial charge in [-0.3, -0.25) is 4.79 Å². The molecule has 0 aliphatic carbocycles. The number of carbonyl (C=O) groups is 1. The summed E-state index contributed by atoms with van der Waals surface area (Å²) in [5, 5.41) is 0. The first-order valence-corrected chi connectivity index (χ1v) is 5.24. The molecule has 1 fully saturated rings. The Balaban J connectivity index is 2.24. The van der Waals surface area contributed by atoms with Gasteiger partial charge in [0.15, 0.2) is 0 Å². The van der Waals surface area contributed by atoms with Crippen molar-refractivity contribution in [3.63, 3.8) is 0 Å². The summed E-state index contributed by atoms with van der Waals surface area (Å²) in [4.78, 5) is 13.8. The van der Waals surface area contributed by atoms with E-state index in [2.05, 4.69) is 0 Å². The quantitative estimate of drug-likeness (QED) is 0.692. The Bertz CT molecular complexity index is 383. The van der Waals surface area contributed by atoms with Crippen molar-refractivity contribution in [3.05, 3.63) is 35.1 Å². The van der Waals surface area contributed by atoms with Crippen LogP contribution in [-0.2, 0) is 0 Å². The Kier molecular flexibility index (Phi) is 2.71. The van der Waals surface area contributed by atoms with E-state index in [1.54, 1.807) is 13.0 Å². The van der Waals surface area contributed by atoms with Crippen LogP contribution in [0.5, 0.6) is 0 Å². The Morgan fingerprint density at radius 2 is 2.00 bits per heavy atom. The summed E-state index contributed by atoms with van der Waals surface area (Å²) < 4.78 is 12.9. The molecule has 0 bridgehead atoms. The number of nitrogens with zero attached hydrogens (tertiary/aromatic N) is 1. The van der Waals surface area contributed by atoms with Crippen LogP contribution in [0.1, 0.15) is 28.8 Å². The molecule has 15 heavy (non-hydrogen) atoms. The smallest absolute Gasteiger partial charge is 0.254 e. The second-order valence-electron chi connectivity index (χ2n) is 3.96. The molecule has 1 aliphatic heterocycles. The average Bonchev–Trinajstić information content (AvgIpc) is 2.69. The van der Waals surface area contributed by atoms with Gasteiger partial charge in [-0.1, -0.05) is 0 Å². The van der Waals surface area contributed by atoms with Gasteiger partial charge in [0.05, 0.1) is 0 Å². The molecule has 0 unspecified atom stereocenters. The number of hydrogen-bond donors (Lipinski definition) is 0. The summed E-state index contributed by atoms with van der Waals surface area (Å²) in [6.45, 7) is 3.43. The van der Waals surface area contributed by atoms with E-state index >= 15 is 0 Å². The second kappa shape index (κ2) is 4.01. The highest BCUT2D eigenvalue weighted by Crippen LogP contribution is 2.16. The number of hydrogen-bond acceptors (Lipinski definition) is 1. The van der Waals surface area contributed by atoms with Crippen molar-refractivity contribution < 1.29 is 9.18 Å². The van der Waals surface area contributed by atoms with E-state index in [4.69, 9.17) is 0 Å². The number of benzene rings is 1. The van der Waals surface area contributed by atoms with Crippen molar-refractivity contribution in [2.45, 2.75) is 19.8 Å². The highest BCUT2D eigenvalue weighted by atomic mass is 19.1. The summed E-state index contributed by atoms with van der Waals surface area (Å²) in [5.41, 5.74) is 1.34. The predicted octanol–water partition coefficient (Wildman–Crippen LogP) is 2.37. The topological polar surface area (TPSA) is 20.3 Å². The Hall–Kier alpha value is -1.38. The zero-order valence-electron chi connectivity index (χ0n) is 8.79. The van der Waals surface area contributed by atoms with Crippen LogP contribution in [0.15, 0.2) is 18.2 Å². The van der Waals surface area contributed by atoms with Crippen molar-refractivity contribution in [3.8, 4) is 0 Å². The van der Waals surface area contributed by atoms with E-state index < -0.39 is 0 Å². The van der Waals surface area contributed by atoms with Gasteiger partial charge in [-0.15, -0.1) is 0 Å². The van der Waals surface area contributed by atoms with Gasteiger partial charge in [0.25, 0.3) is 5.91 Å². The molecule has 0 spiro atoms. The van der Waals surface area contributed by atoms with Gasteiger partial charge in [-0.2, -0.15) is 0 Å². The number of aryl methyl sites for hydroxylation is 1. The van der Waals surface area contributed by atoms with Gasteiger partial charge in [-0.05, 0) is 43.5 Å². The van der Waals surface area contributed by atoms with Crippen LogP contribution in [-0.4, -0.2) is 23.9 Å². The number of likely N-dealkylation sites (tertiary alicyclic amines) is 1. The third kappa shape index (κ3) is 2.01. The highest BCUT2D eigenvalue weighted by molar-refractivity contribution is 5.95. The third-order valence-corrected chi connectivity index (χ3v) is 2.81. The molecular weight excluding hydrogens is 193 g/mol. The minimum absolute atomic E-state index is 0.0324. The van der Waals surface area contributed by atoms with Crippen molar-refractivity contribution in [2.24, 2.45) is 0 Å². The fourth-order valence-electron chi connectivity index (χ4n) is 1.96. The number of amides is 1. The van der Waals surface area contributed by atoms with Crippen LogP contribution < -0.4 is 0 Å². The maximum absolute atomic E-state index is 12.9. The first-order chi connectivity index (χ1) is 7.18. The van der Waals surface area contributed by atoms with Crippen LogP contribution in [0.25, 0.3) is 0 Å². The largest absolute Gasteiger partial charge is 0.339 e. The lowest BCUT2D eigenvalue weighted by atomic mass is 10.1. The van der Waals surface area contributed by atoms with Gasteiger partial charge in [0.1, 0.15) is 5.82 Å². The van der Waals surface area contributed by atoms with Gasteiger partial charge < -0.3 is 4.90 Å². The molecule has 1 amide bonds. The lowest BCUT2D eigenvalue weighted by Crippen LogP contribution is -2.28. The Labute approximate surface area is 88.7 Å². The second-order valence-corrected chi connectivity index (χ2v) is 3.96. The van der Waals surface area contributed by atoms with E-state index in [-0.39, 0.29) is 11.7 Å². The first kappa shape index (κ1) is 10.1. The van der Waals surface area contributed by atoms with E-state index in [9.17, 15) is 9.18 Å². The van der Waals surface area contributed by atoms with Crippen LogP contribution in [0.3, 0.4) is 0 Å². The summed E-state index contributed by atoms with van der Waals surface area (Å²) in [6, 6.07) is 4.32. The molecule has 0 N–H and O–H groups in total. The summed E-state index contributed by atoms with van der Waals surface area (Å²) in [7, 11) is 0. The molecule has 1 aliphatic rings. The molecule has 3 heteroatoms. The van der Waals surface area contributed by atoms with Crippen molar-refractivity contribution in [2.75, 3.05) is 13.1 Å². The van der Waals surface area contributed by atoms with E-state index in [1.165, 1.54) is 12.1 Å². The molecule has 0 atom stereocenters. The standard InChI is InChI=1S/C12H14FNO/c1-9-8-10(13)4-5-11(9)12(15)14-6-2-3-7-14/h4-5,8H,2-3,6-7H2,1H3. The van der Waals surface area contributed by atoms with Gasteiger partial charge in [-0.25, -0.2) is 4.39 Å². The fourth-order valence-corrected chi connectivity index (χ4v) is 1.96. The molecule has 0 aromatic heterocycles. The lowest BCUT2D eigenvalue weighted by molar-refractivity contribution is 0.0792. The van der Waals surface area contributed by atoms with Gasteiger partial charge >= 0.3 is 0 Å².